The summed E-state index contributed by atoms with van der Waals surface area (Å²) in [6.45, 7) is 3.52. The number of nitrogens with one attached hydrogen (secondary N) is 1. The summed E-state index contributed by atoms with van der Waals surface area (Å²) in [7, 11) is 0. The van der Waals surface area contributed by atoms with E-state index in [2.05, 4.69) is 10.4 Å². The van der Waals surface area contributed by atoms with Gasteiger partial charge < -0.3 is 5.32 Å². The van der Waals surface area contributed by atoms with Gasteiger partial charge in [0.15, 0.2) is 5.78 Å². The van der Waals surface area contributed by atoms with Crippen LogP contribution in [0.2, 0.25) is 0 Å². The van der Waals surface area contributed by atoms with Gasteiger partial charge in [-0.3, -0.25) is 9.59 Å². The third-order valence-corrected chi connectivity index (χ3v) is 3.95. The first kappa shape index (κ1) is 17.5. The van der Waals surface area contributed by atoms with E-state index in [1.165, 1.54) is 29.8 Å². The van der Waals surface area contributed by atoms with Gasteiger partial charge in [0.1, 0.15) is 17.2 Å². The molecule has 0 amide bonds. The first-order valence-electron chi connectivity index (χ1n) is 8.25. The predicted octanol–water partition coefficient (Wildman–Crippen LogP) is 4.02. The number of hydrogen-bond donors (Lipinski definition) is 1. The van der Waals surface area contributed by atoms with Crippen LogP contribution in [0.3, 0.4) is 0 Å². The van der Waals surface area contributed by atoms with Gasteiger partial charge in [0.05, 0.1) is 5.56 Å². The van der Waals surface area contributed by atoms with Crippen LogP contribution in [-0.2, 0) is 6.54 Å². The molecule has 0 atom stereocenters. The van der Waals surface area contributed by atoms with Crippen molar-refractivity contribution < 1.29 is 9.18 Å². The molecule has 0 spiro atoms. The molecular weight excluding hydrogens is 333 g/mol. The fourth-order valence-electron chi connectivity index (χ4n) is 2.75. The minimum atomic E-state index is -0.437. The van der Waals surface area contributed by atoms with Gasteiger partial charge in [0, 0.05) is 17.8 Å². The summed E-state index contributed by atoms with van der Waals surface area (Å²) < 4.78 is 14.8. The van der Waals surface area contributed by atoms with Crippen LogP contribution >= 0.6 is 0 Å². The van der Waals surface area contributed by atoms with E-state index in [1.807, 2.05) is 30.3 Å². The Hall–Kier alpha value is -3.28. The predicted molar refractivity (Wildman–Crippen MR) is 99.3 cm³/mol. The SMILES string of the molecule is CCn1nc(-c2ccccc2)c(C(C)=O)c(Nc2cccc(F)c2)c1=O. The van der Waals surface area contributed by atoms with Crippen molar-refractivity contribution in [2.45, 2.75) is 20.4 Å². The molecule has 132 valence electrons. The zero-order chi connectivity index (χ0) is 18.7. The topological polar surface area (TPSA) is 64.0 Å². The molecular formula is C20H18FN3O2. The van der Waals surface area contributed by atoms with Gasteiger partial charge in [-0.25, -0.2) is 9.07 Å². The maximum absolute atomic E-state index is 13.5. The highest BCUT2D eigenvalue weighted by atomic mass is 19.1. The smallest absolute Gasteiger partial charge is 0.291 e. The minimum absolute atomic E-state index is 0.0961. The second kappa shape index (κ2) is 7.31. The highest BCUT2D eigenvalue weighted by molar-refractivity contribution is 6.05. The van der Waals surface area contributed by atoms with Gasteiger partial charge in [-0.05, 0) is 32.0 Å². The first-order valence-corrected chi connectivity index (χ1v) is 8.25. The summed E-state index contributed by atoms with van der Waals surface area (Å²) in [4.78, 5) is 25.2. The molecule has 0 radical (unpaired) electrons. The monoisotopic (exact) mass is 351 g/mol. The van der Waals surface area contributed by atoms with E-state index in [1.54, 1.807) is 13.0 Å². The number of aromatic nitrogens is 2. The van der Waals surface area contributed by atoms with Gasteiger partial charge in [-0.15, -0.1) is 0 Å². The van der Waals surface area contributed by atoms with Gasteiger partial charge in [-0.1, -0.05) is 36.4 Å². The van der Waals surface area contributed by atoms with Crippen molar-refractivity contribution in [3.63, 3.8) is 0 Å². The molecule has 0 unspecified atom stereocenters. The zero-order valence-corrected chi connectivity index (χ0v) is 14.5. The Bertz CT molecular complexity index is 1010. The molecule has 1 N–H and O–H groups in total. The number of anilines is 2. The Balaban J connectivity index is 2.27. The lowest BCUT2D eigenvalue weighted by atomic mass is 10.0. The average Bonchev–Trinajstić information content (AvgIpc) is 2.63. The van der Waals surface area contributed by atoms with Crippen molar-refractivity contribution in [3.8, 4) is 11.3 Å². The number of aryl methyl sites for hydroxylation is 1. The fraction of sp³-hybridized carbons (Fsp3) is 0.150. The molecule has 0 saturated heterocycles. The summed E-state index contributed by atoms with van der Waals surface area (Å²) in [5.74, 6) is -0.733. The highest BCUT2D eigenvalue weighted by Crippen LogP contribution is 2.27. The van der Waals surface area contributed by atoms with Crippen LogP contribution in [0.15, 0.2) is 59.4 Å². The third kappa shape index (κ3) is 3.39. The molecule has 26 heavy (non-hydrogen) atoms. The number of benzene rings is 2. The lowest BCUT2D eigenvalue weighted by molar-refractivity contribution is 0.101. The highest BCUT2D eigenvalue weighted by Gasteiger charge is 2.21. The van der Waals surface area contributed by atoms with E-state index < -0.39 is 11.4 Å². The van der Waals surface area contributed by atoms with E-state index in [-0.39, 0.29) is 17.0 Å². The van der Waals surface area contributed by atoms with Crippen molar-refractivity contribution >= 4 is 17.2 Å². The van der Waals surface area contributed by atoms with Crippen LogP contribution in [0, 0.1) is 5.82 Å². The molecule has 0 aliphatic heterocycles. The van der Waals surface area contributed by atoms with Crippen LogP contribution in [-0.4, -0.2) is 15.6 Å². The maximum Gasteiger partial charge on any atom is 0.291 e. The van der Waals surface area contributed by atoms with Crippen LogP contribution in [0.5, 0.6) is 0 Å². The lowest BCUT2D eigenvalue weighted by Crippen LogP contribution is -2.28. The lowest BCUT2D eigenvalue weighted by Gasteiger charge is -2.16. The van der Waals surface area contributed by atoms with Crippen molar-refractivity contribution in [1.82, 2.24) is 9.78 Å². The van der Waals surface area contributed by atoms with Crippen LogP contribution in [0.25, 0.3) is 11.3 Å². The molecule has 0 bridgehead atoms. The molecule has 3 aromatic rings. The molecule has 5 nitrogen and oxygen atoms in total. The van der Waals surface area contributed by atoms with Crippen molar-refractivity contribution in [1.29, 1.82) is 0 Å². The molecule has 0 fully saturated rings. The summed E-state index contributed by atoms with van der Waals surface area (Å²) in [6, 6.07) is 14.9. The number of halogens is 1. The number of carbonyl (C=O) groups is 1. The minimum Gasteiger partial charge on any atom is -0.350 e. The fourth-order valence-corrected chi connectivity index (χ4v) is 2.75. The Morgan fingerprint density at radius 3 is 2.50 bits per heavy atom. The zero-order valence-electron chi connectivity index (χ0n) is 14.5. The molecule has 3 rings (SSSR count). The van der Waals surface area contributed by atoms with E-state index in [0.717, 1.165) is 5.56 Å². The van der Waals surface area contributed by atoms with E-state index >= 15 is 0 Å². The molecule has 0 saturated carbocycles. The van der Waals surface area contributed by atoms with Crippen LogP contribution in [0.4, 0.5) is 15.8 Å². The average molecular weight is 351 g/mol. The van der Waals surface area contributed by atoms with Crippen molar-refractivity contribution in [2.75, 3.05) is 5.32 Å². The molecule has 0 aliphatic rings. The summed E-state index contributed by atoms with van der Waals surface area (Å²) in [5.41, 5.74) is 1.38. The Morgan fingerprint density at radius 1 is 1.15 bits per heavy atom. The molecule has 6 heteroatoms. The first-order chi connectivity index (χ1) is 12.5. The number of Topliss-reactive ketones (excluding diaryl/α,β-unsaturated/α-hetero) is 1. The molecule has 1 heterocycles. The van der Waals surface area contributed by atoms with E-state index in [9.17, 15) is 14.0 Å². The number of rotatable bonds is 5. The molecule has 2 aromatic carbocycles. The Labute approximate surface area is 150 Å². The Morgan fingerprint density at radius 2 is 1.88 bits per heavy atom. The van der Waals surface area contributed by atoms with Crippen molar-refractivity contribution in [2.24, 2.45) is 0 Å². The molecule has 1 aromatic heterocycles. The van der Waals surface area contributed by atoms with E-state index in [0.29, 0.717) is 17.9 Å². The summed E-state index contributed by atoms with van der Waals surface area (Å²) in [5, 5.41) is 7.29. The largest absolute Gasteiger partial charge is 0.350 e. The van der Waals surface area contributed by atoms with Gasteiger partial charge in [-0.2, -0.15) is 5.10 Å². The van der Waals surface area contributed by atoms with Crippen molar-refractivity contribution in [3.05, 3.63) is 76.3 Å². The molecule has 0 aliphatic carbocycles. The summed E-state index contributed by atoms with van der Waals surface area (Å²) >= 11 is 0. The second-order valence-corrected chi connectivity index (χ2v) is 5.78. The number of ketones is 1. The van der Waals surface area contributed by atoms with Crippen LogP contribution in [0.1, 0.15) is 24.2 Å². The van der Waals surface area contributed by atoms with Gasteiger partial charge in [0.25, 0.3) is 5.56 Å². The van der Waals surface area contributed by atoms with Gasteiger partial charge >= 0.3 is 0 Å². The van der Waals surface area contributed by atoms with Gasteiger partial charge in [0.2, 0.25) is 0 Å². The quantitative estimate of drug-likeness (QED) is 0.705. The second-order valence-electron chi connectivity index (χ2n) is 5.78. The normalized spacial score (nSPS) is 10.6. The van der Waals surface area contributed by atoms with E-state index in [4.69, 9.17) is 0 Å². The van der Waals surface area contributed by atoms with Crippen LogP contribution < -0.4 is 10.9 Å². The summed E-state index contributed by atoms with van der Waals surface area (Å²) in [6.07, 6.45) is 0. The third-order valence-electron chi connectivity index (χ3n) is 3.95. The standard InChI is InChI=1S/C20H18FN3O2/c1-3-24-20(26)19(22-16-11-7-10-15(21)12-16)17(13(2)25)18(23-24)14-8-5-4-6-9-14/h4-12,22H,3H2,1-2H3. The number of nitrogens with zero attached hydrogens (tertiary/aromatic N) is 2. The maximum atomic E-state index is 13.5. The number of carbonyl (C=O) groups excluding carboxylic acids is 1. The Kier molecular flexibility index (Phi) is 4.93. The number of hydrogen-bond acceptors (Lipinski definition) is 4.